The monoisotopic (exact) mass is 252 g/mol. The third kappa shape index (κ3) is 1.34. The molecule has 16 heavy (non-hydrogen) atoms. The summed E-state index contributed by atoms with van der Waals surface area (Å²) in [6.45, 7) is 2.20. The van der Waals surface area contributed by atoms with Crippen molar-refractivity contribution in [2.45, 2.75) is 6.92 Å². The molecule has 0 aliphatic rings. The lowest BCUT2D eigenvalue weighted by atomic mass is 10.4. The van der Waals surface area contributed by atoms with Gasteiger partial charge in [-0.3, -0.25) is 4.40 Å². The third-order valence-electron chi connectivity index (χ3n) is 2.19. The zero-order valence-electron chi connectivity index (χ0n) is 8.47. The van der Waals surface area contributed by atoms with Crippen LogP contribution < -0.4 is 0 Å². The summed E-state index contributed by atoms with van der Waals surface area (Å²) < 4.78 is 6.95. The largest absolute Gasteiger partial charge is 0.462 e. The number of thiazole rings is 1. The molecule has 0 unspecified atom stereocenters. The summed E-state index contributed by atoms with van der Waals surface area (Å²) in [4.78, 5) is 18.5. The quantitative estimate of drug-likeness (QED) is 0.659. The van der Waals surface area contributed by atoms with E-state index in [2.05, 4.69) is 4.98 Å². The molecule has 0 fully saturated rings. The number of fused-ring (bicyclic) bond motifs is 3. The van der Waals surface area contributed by atoms with E-state index in [9.17, 15) is 4.79 Å². The van der Waals surface area contributed by atoms with Crippen molar-refractivity contribution in [1.29, 1.82) is 0 Å². The van der Waals surface area contributed by atoms with Crippen LogP contribution in [0.4, 0.5) is 0 Å². The zero-order valence-corrected chi connectivity index (χ0v) is 10.1. The highest BCUT2D eigenvalue weighted by molar-refractivity contribution is 7.21. The SMILES string of the molecule is CCOC(=O)c1cc2nc3sccn3c2s1. The fourth-order valence-corrected chi connectivity index (χ4v) is 3.29. The summed E-state index contributed by atoms with van der Waals surface area (Å²) in [5.41, 5.74) is 0.861. The Bertz CT molecular complexity index is 665. The minimum absolute atomic E-state index is 0.269. The lowest BCUT2D eigenvalue weighted by Crippen LogP contribution is -2.01. The van der Waals surface area contributed by atoms with Gasteiger partial charge in [-0.1, -0.05) is 0 Å². The second-order valence-electron chi connectivity index (χ2n) is 3.19. The second-order valence-corrected chi connectivity index (χ2v) is 5.09. The molecule has 3 aromatic rings. The van der Waals surface area contributed by atoms with Gasteiger partial charge in [0.05, 0.1) is 6.61 Å². The summed E-state index contributed by atoms with van der Waals surface area (Å²) in [7, 11) is 0. The first kappa shape index (κ1) is 9.80. The molecule has 0 aliphatic heterocycles. The average molecular weight is 252 g/mol. The standard InChI is InChI=1S/C10H8N2O2S2/c1-2-14-9(13)7-5-6-8(16-7)12-3-4-15-10(12)11-6/h3-5H,2H2,1H3. The summed E-state index contributed by atoms with van der Waals surface area (Å²) in [6.07, 6.45) is 1.96. The number of hydrogen-bond donors (Lipinski definition) is 0. The molecule has 0 aliphatic carbocycles. The first-order valence-corrected chi connectivity index (χ1v) is 6.51. The van der Waals surface area contributed by atoms with Gasteiger partial charge in [-0.2, -0.15) is 0 Å². The van der Waals surface area contributed by atoms with Crippen molar-refractivity contribution in [3.63, 3.8) is 0 Å². The van der Waals surface area contributed by atoms with E-state index in [0.717, 1.165) is 15.3 Å². The highest BCUT2D eigenvalue weighted by atomic mass is 32.1. The predicted octanol–water partition coefficient (Wildman–Crippen LogP) is 2.79. The first-order chi connectivity index (χ1) is 7.79. The van der Waals surface area contributed by atoms with Gasteiger partial charge in [0.15, 0.2) is 4.96 Å². The van der Waals surface area contributed by atoms with Crippen molar-refractivity contribution in [1.82, 2.24) is 9.38 Å². The molecule has 3 aromatic heterocycles. The van der Waals surface area contributed by atoms with Gasteiger partial charge in [0, 0.05) is 11.6 Å². The highest BCUT2D eigenvalue weighted by Crippen LogP contribution is 2.28. The summed E-state index contributed by atoms with van der Waals surface area (Å²) in [5, 5.41) is 1.98. The number of esters is 1. The van der Waals surface area contributed by atoms with Crippen LogP contribution in [0, 0.1) is 0 Å². The van der Waals surface area contributed by atoms with Crippen molar-refractivity contribution in [2.24, 2.45) is 0 Å². The topological polar surface area (TPSA) is 43.6 Å². The Morgan fingerprint density at radius 2 is 2.50 bits per heavy atom. The van der Waals surface area contributed by atoms with Crippen LogP contribution in [0.25, 0.3) is 15.3 Å². The summed E-state index contributed by atoms with van der Waals surface area (Å²) in [5.74, 6) is -0.269. The van der Waals surface area contributed by atoms with Crippen LogP contribution in [-0.4, -0.2) is 22.0 Å². The Morgan fingerprint density at radius 1 is 1.62 bits per heavy atom. The molecule has 82 valence electrons. The molecule has 0 spiro atoms. The minimum atomic E-state index is -0.269. The van der Waals surface area contributed by atoms with Gasteiger partial charge in [-0.25, -0.2) is 9.78 Å². The number of thiophene rings is 1. The highest BCUT2D eigenvalue weighted by Gasteiger charge is 2.15. The van der Waals surface area contributed by atoms with Gasteiger partial charge in [0.25, 0.3) is 0 Å². The Hall–Kier alpha value is -1.40. The average Bonchev–Trinajstić information content (AvgIpc) is 2.87. The van der Waals surface area contributed by atoms with Gasteiger partial charge in [-0.15, -0.1) is 22.7 Å². The molecule has 3 rings (SSSR count). The first-order valence-electron chi connectivity index (χ1n) is 4.82. The maximum atomic E-state index is 11.5. The normalized spacial score (nSPS) is 11.3. The van der Waals surface area contributed by atoms with Crippen molar-refractivity contribution < 1.29 is 9.53 Å². The molecule has 0 N–H and O–H groups in total. The number of ether oxygens (including phenoxy) is 1. The van der Waals surface area contributed by atoms with E-state index in [0.29, 0.717) is 11.5 Å². The van der Waals surface area contributed by atoms with Crippen molar-refractivity contribution in [3.05, 3.63) is 22.5 Å². The fourth-order valence-electron chi connectivity index (χ4n) is 1.54. The number of rotatable bonds is 2. The van der Waals surface area contributed by atoms with Crippen LogP contribution in [0.3, 0.4) is 0 Å². The van der Waals surface area contributed by atoms with Crippen LogP contribution >= 0.6 is 22.7 Å². The van der Waals surface area contributed by atoms with Gasteiger partial charge < -0.3 is 4.74 Å². The fraction of sp³-hybridized carbons (Fsp3) is 0.200. The lowest BCUT2D eigenvalue weighted by molar-refractivity contribution is 0.0532. The third-order valence-corrected chi connectivity index (χ3v) is 4.05. The van der Waals surface area contributed by atoms with E-state index in [4.69, 9.17) is 4.74 Å². The van der Waals surface area contributed by atoms with Crippen molar-refractivity contribution >= 4 is 44.0 Å². The van der Waals surface area contributed by atoms with Gasteiger partial charge >= 0.3 is 5.97 Å². The molecule has 0 saturated carbocycles. The maximum absolute atomic E-state index is 11.5. The van der Waals surface area contributed by atoms with Gasteiger partial charge in [-0.05, 0) is 13.0 Å². The number of carbonyl (C=O) groups is 1. The van der Waals surface area contributed by atoms with E-state index in [1.165, 1.54) is 11.3 Å². The van der Waals surface area contributed by atoms with E-state index >= 15 is 0 Å². The second kappa shape index (κ2) is 3.57. The lowest BCUT2D eigenvalue weighted by Gasteiger charge is -1.96. The number of carbonyl (C=O) groups excluding carboxylic acids is 1. The predicted molar refractivity (Wildman–Crippen MR) is 64.4 cm³/mol. The Balaban J connectivity index is 2.14. The Labute approximate surface area is 99.1 Å². The van der Waals surface area contributed by atoms with E-state index in [-0.39, 0.29) is 5.97 Å². The van der Waals surface area contributed by atoms with Gasteiger partial charge in [0.1, 0.15) is 15.2 Å². The summed E-state index contributed by atoms with van der Waals surface area (Å²) >= 11 is 3.00. The number of imidazole rings is 1. The molecule has 0 bridgehead atoms. The summed E-state index contributed by atoms with van der Waals surface area (Å²) in [6, 6.07) is 1.79. The molecule has 0 aromatic carbocycles. The Morgan fingerprint density at radius 3 is 3.31 bits per heavy atom. The maximum Gasteiger partial charge on any atom is 0.348 e. The molecule has 6 heteroatoms. The molecular weight excluding hydrogens is 244 g/mol. The van der Waals surface area contributed by atoms with Crippen LogP contribution in [0.5, 0.6) is 0 Å². The van der Waals surface area contributed by atoms with Crippen molar-refractivity contribution in [2.75, 3.05) is 6.61 Å². The van der Waals surface area contributed by atoms with Crippen LogP contribution in [0.1, 0.15) is 16.6 Å². The number of nitrogens with zero attached hydrogens (tertiary/aromatic N) is 2. The minimum Gasteiger partial charge on any atom is -0.462 e. The zero-order chi connectivity index (χ0) is 11.1. The van der Waals surface area contributed by atoms with Crippen LogP contribution in [0.2, 0.25) is 0 Å². The molecule has 0 saturated heterocycles. The molecule has 0 radical (unpaired) electrons. The van der Waals surface area contributed by atoms with Crippen LogP contribution in [-0.2, 0) is 4.74 Å². The smallest absolute Gasteiger partial charge is 0.348 e. The Kier molecular flexibility index (Phi) is 2.19. The van der Waals surface area contributed by atoms with E-state index in [1.807, 2.05) is 16.0 Å². The van der Waals surface area contributed by atoms with E-state index < -0.39 is 0 Å². The molecule has 0 atom stereocenters. The number of aromatic nitrogens is 2. The molecular formula is C10H8N2O2S2. The van der Waals surface area contributed by atoms with Crippen molar-refractivity contribution in [3.8, 4) is 0 Å². The van der Waals surface area contributed by atoms with Crippen LogP contribution in [0.15, 0.2) is 17.6 Å². The van der Waals surface area contributed by atoms with Gasteiger partial charge in [0.2, 0.25) is 0 Å². The molecule has 0 amide bonds. The molecule has 4 nitrogen and oxygen atoms in total. The van der Waals surface area contributed by atoms with E-state index in [1.54, 1.807) is 24.3 Å². The number of hydrogen-bond acceptors (Lipinski definition) is 5. The molecule has 3 heterocycles.